The van der Waals surface area contributed by atoms with Crippen LogP contribution in [0.1, 0.15) is 46.2 Å². The Morgan fingerprint density at radius 1 is 1.52 bits per heavy atom. The number of aromatic nitrogens is 2. The van der Waals surface area contributed by atoms with Gasteiger partial charge in [0, 0.05) is 44.5 Å². The molecule has 0 aliphatic rings. The highest BCUT2D eigenvalue weighted by atomic mass is 16.6. The molecule has 0 aliphatic heterocycles. The van der Waals surface area contributed by atoms with E-state index in [1.165, 1.54) is 0 Å². The van der Waals surface area contributed by atoms with Crippen molar-refractivity contribution in [3.63, 3.8) is 0 Å². The summed E-state index contributed by atoms with van der Waals surface area (Å²) in [5.74, 6) is 0. The predicted molar refractivity (Wildman–Crippen MR) is 83.2 cm³/mol. The first-order valence-electron chi connectivity index (χ1n) is 7.42. The highest BCUT2D eigenvalue weighted by Gasteiger charge is 2.19. The summed E-state index contributed by atoms with van der Waals surface area (Å²) < 4.78 is 7.21. The summed E-state index contributed by atoms with van der Waals surface area (Å²) in [6.07, 6.45) is 3.62. The summed E-state index contributed by atoms with van der Waals surface area (Å²) in [6, 6.07) is 0.206. The lowest BCUT2D eigenvalue weighted by molar-refractivity contribution is 0.0299. The van der Waals surface area contributed by atoms with Crippen molar-refractivity contribution >= 4 is 6.09 Å². The maximum atomic E-state index is 11.8. The van der Waals surface area contributed by atoms with Gasteiger partial charge in [0.1, 0.15) is 5.60 Å². The highest BCUT2D eigenvalue weighted by molar-refractivity contribution is 5.67. The van der Waals surface area contributed by atoms with Gasteiger partial charge in [-0.05, 0) is 34.6 Å². The largest absolute Gasteiger partial charge is 0.444 e. The number of carbonyl (C=O) groups is 1. The zero-order valence-corrected chi connectivity index (χ0v) is 14.0. The van der Waals surface area contributed by atoms with Crippen molar-refractivity contribution in [1.29, 1.82) is 0 Å². The summed E-state index contributed by atoms with van der Waals surface area (Å²) in [6.45, 7) is 11.9. The lowest BCUT2D eigenvalue weighted by Gasteiger charge is -2.25. The maximum absolute atomic E-state index is 11.8. The molecule has 0 aliphatic carbocycles. The van der Waals surface area contributed by atoms with E-state index in [1.54, 1.807) is 11.9 Å². The number of amides is 1. The second-order valence-corrected chi connectivity index (χ2v) is 6.21. The SMILES string of the molecule is CCn1cc(C(C)NCCN(C)C(=O)OC(C)(C)C)cn1. The molecule has 0 radical (unpaired) electrons. The average Bonchev–Trinajstić information content (AvgIpc) is 2.85. The normalized spacial score (nSPS) is 13.0. The Bertz CT molecular complexity index is 451. The minimum absolute atomic E-state index is 0.206. The molecule has 0 saturated carbocycles. The smallest absolute Gasteiger partial charge is 0.410 e. The van der Waals surface area contributed by atoms with Gasteiger partial charge in [0.05, 0.1) is 6.20 Å². The van der Waals surface area contributed by atoms with Crippen LogP contribution in [0.5, 0.6) is 0 Å². The standard InChI is InChI=1S/C15H28N4O2/c1-7-19-11-13(10-17-19)12(2)16-8-9-18(6)14(20)21-15(3,4)5/h10-12,16H,7-9H2,1-6H3. The van der Waals surface area contributed by atoms with Gasteiger partial charge in [0.2, 0.25) is 0 Å². The van der Waals surface area contributed by atoms with Crippen LogP contribution in [0.25, 0.3) is 0 Å². The van der Waals surface area contributed by atoms with E-state index in [-0.39, 0.29) is 12.1 Å². The highest BCUT2D eigenvalue weighted by Crippen LogP contribution is 2.11. The van der Waals surface area contributed by atoms with Crippen LogP contribution in [-0.4, -0.2) is 46.5 Å². The fourth-order valence-electron chi connectivity index (χ4n) is 1.77. The van der Waals surface area contributed by atoms with Crippen LogP contribution in [0, 0.1) is 0 Å². The second-order valence-electron chi connectivity index (χ2n) is 6.21. The molecule has 0 fully saturated rings. The number of aryl methyl sites for hydroxylation is 1. The molecule has 1 N–H and O–H groups in total. The van der Waals surface area contributed by atoms with Gasteiger partial charge in [0.25, 0.3) is 0 Å². The van der Waals surface area contributed by atoms with E-state index in [0.717, 1.165) is 12.1 Å². The van der Waals surface area contributed by atoms with Crippen molar-refractivity contribution in [2.75, 3.05) is 20.1 Å². The molecule has 1 atom stereocenters. The Hall–Kier alpha value is -1.56. The molecule has 1 heterocycles. The quantitative estimate of drug-likeness (QED) is 0.876. The van der Waals surface area contributed by atoms with Crippen LogP contribution in [0.15, 0.2) is 12.4 Å². The van der Waals surface area contributed by atoms with Gasteiger partial charge in [-0.3, -0.25) is 4.68 Å². The van der Waals surface area contributed by atoms with Gasteiger partial charge in [-0.1, -0.05) is 0 Å². The fraction of sp³-hybridized carbons (Fsp3) is 0.733. The van der Waals surface area contributed by atoms with Gasteiger partial charge in [-0.25, -0.2) is 4.79 Å². The molecule has 1 aromatic rings. The minimum atomic E-state index is -0.458. The lowest BCUT2D eigenvalue weighted by atomic mass is 10.2. The summed E-state index contributed by atoms with van der Waals surface area (Å²) >= 11 is 0. The van der Waals surface area contributed by atoms with Crippen LogP contribution in [0.2, 0.25) is 0 Å². The zero-order valence-electron chi connectivity index (χ0n) is 14.0. The summed E-state index contributed by atoms with van der Waals surface area (Å²) in [4.78, 5) is 13.4. The molecule has 6 heteroatoms. The van der Waals surface area contributed by atoms with Crippen LogP contribution in [0.3, 0.4) is 0 Å². The van der Waals surface area contributed by atoms with E-state index in [1.807, 2.05) is 37.8 Å². The van der Waals surface area contributed by atoms with Crippen molar-refractivity contribution in [2.24, 2.45) is 0 Å². The van der Waals surface area contributed by atoms with Crippen LogP contribution >= 0.6 is 0 Å². The maximum Gasteiger partial charge on any atom is 0.410 e. The van der Waals surface area contributed by atoms with E-state index in [9.17, 15) is 4.79 Å². The lowest BCUT2D eigenvalue weighted by Crippen LogP contribution is -2.38. The number of rotatable bonds is 6. The molecular weight excluding hydrogens is 268 g/mol. The van der Waals surface area contributed by atoms with Crippen LogP contribution < -0.4 is 5.32 Å². The molecule has 0 aromatic carbocycles. The van der Waals surface area contributed by atoms with Gasteiger partial charge in [0.15, 0.2) is 0 Å². The number of likely N-dealkylation sites (N-methyl/N-ethyl adjacent to an activating group) is 1. The average molecular weight is 296 g/mol. The van der Waals surface area contributed by atoms with Crippen molar-refractivity contribution in [2.45, 2.75) is 52.8 Å². The Balaban J connectivity index is 2.33. The second kappa shape index (κ2) is 7.45. The summed E-state index contributed by atoms with van der Waals surface area (Å²) in [5.41, 5.74) is 0.692. The van der Waals surface area contributed by atoms with Gasteiger partial charge >= 0.3 is 6.09 Å². The third-order valence-corrected chi connectivity index (χ3v) is 3.08. The third kappa shape index (κ3) is 6.16. The summed E-state index contributed by atoms with van der Waals surface area (Å²) in [7, 11) is 1.75. The number of hydrogen-bond acceptors (Lipinski definition) is 4. The molecule has 21 heavy (non-hydrogen) atoms. The molecule has 1 aromatic heterocycles. The topological polar surface area (TPSA) is 59.4 Å². The number of nitrogens with zero attached hydrogens (tertiary/aromatic N) is 3. The first kappa shape index (κ1) is 17.5. The van der Waals surface area contributed by atoms with Gasteiger partial charge in [-0.15, -0.1) is 0 Å². The van der Waals surface area contributed by atoms with E-state index in [0.29, 0.717) is 13.1 Å². The Kier molecular flexibility index (Phi) is 6.20. The van der Waals surface area contributed by atoms with Crippen LogP contribution in [-0.2, 0) is 11.3 Å². The van der Waals surface area contributed by atoms with Gasteiger partial charge in [-0.2, -0.15) is 5.10 Å². The molecule has 120 valence electrons. The zero-order chi connectivity index (χ0) is 16.0. The molecule has 1 amide bonds. The molecule has 0 saturated heterocycles. The molecule has 1 unspecified atom stereocenters. The monoisotopic (exact) mass is 296 g/mol. The first-order valence-corrected chi connectivity index (χ1v) is 7.42. The predicted octanol–water partition coefficient (Wildman–Crippen LogP) is 2.42. The molecule has 0 bridgehead atoms. The van der Waals surface area contributed by atoms with Gasteiger partial charge < -0.3 is 15.0 Å². The molecule has 1 rings (SSSR count). The first-order chi connectivity index (χ1) is 9.73. The van der Waals surface area contributed by atoms with Crippen molar-refractivity contribution in [3.8, 4) is 0 Å². The van der Waals surface area contributed by atoms with Crippen molar-refractivity contribution in [3.05, 3.63) is 18.0 Å². The Morgan fingerprint density at radius 2 is 2.19 bits per heavy atom. The van der Waals surface area contributed by atoms with Crippen molar-refractivity contribution in [1.82, 2.24) is 20.0 Å². The fourth-order valence-corrected chi connectivity index (χ4v) is 1.77. The Labute approximate surface area is 127 Å². The number of carbonyl (C=O) groups excluding carboxylic acids is 1. The number of hydrogen-bond donors (Lipinski definition) is 1. The van der Waals surface area contributed by atoms with E-state index >= 15 is 0 Å². The molecule has 6 nitrogen and oxygen atoms in total. The molecule has 0 spiro atoms. The number of ether oxygens (including phenoxy) is 1. The van der Waals surface area contributed by atoms with E-state index < -0.39 is 5.60 Å². The molecular formula is C15H28N4O2. The minimum Gasteiger partial charge on any atom is -0.444 e. The van der Waals surface area contributed by atoms with E-state index in [4.69, 9.17) is 4.74 Å². The number of nitrogens with one attached hydrogen (secondary N) is 1. The van der Waals surface area contributed by atoms with E-state index in [2.05, 4.69) is 24.3 Å². The summed E-state index contributed by atoms with van der Waals surface area (Å²) in [5, 5.41) is 7.64. The van der Waals surface area contributed by atoms with Crippen LogP contribution in [0.4, 0.5) is 4.79 Å². The van der Waals surface area contributed by atoms with Crippen molar-refractivity contribution < 1.29 is 9.53 Å². The Morgan fingerprint density at radius 3 is 2.71 bits per heavy atom. The third-order valence-electron chi connectivity index (χ3n) is 3.08.